The molecule has 26 heavy (non-hydrogen) atoms. The summed E-state index contributed by atoms with van der Waals surface area (Å²) in [6, 6.07) is 26.7. The first-order valence-electron chi connectivity index (χ1n) is 8.33. The fourth-order valence-corrected chi connectivity index (χ4v) is 6.14. The quantitative estimate of drug-likeness (QED) is 0.609. The van der Waals surface area contributed by atoms with E-state index in [0.29, 0.717) is 11.5 Å². The van der Waals surface area contributed by atoms with E-state index in [2.05, 4.69) is 3.77 Å². The summed E-state index contributed by atoms with van der Waals surface area (Å²) in [6.45, 7) is 1.93. The predicted octanol–water partition coefficient (Wildman–Crippen LogP) is 4.89. The number of rotatable bonds is 6. The molecule has 134 valence electrons. The lowest BCUT2D eigenvalue weighted by atomic mass is 10.2. The lowest BCUT2D eigenvalue weighted by Gasteiger charge is -2.10. The molecule has 0 saturated carbocycles. The second-order valence-electron chi connectivity index (χ2n) is 6.08. The number of hydrogen-bond donors (Lipinski definition) is 0. The average molecular weight is 384 g/mol. The van der Waals surface area contributed by atoms with Crippen LogP contribution in [0.3, 0.4) is 0 Å². The van der Waals surface area contributed by atoms with Gasteiger partial charge in [0.25, 0.3) is 10.0 Å². The first kappa shape index (κ1) is 18.5. The molecule has 0 heterocycles. The van der Waals surface area contributed by atoms with Crippen LogP contribution in [0.4, 0.5) is 0 Å². The van der Waals surface area contributed by atoms with Gasteiger partial charge in [0, 0.05) is 11.5 Å². The van der Waals surface area contributed by atoms with E-state index in [1.165, 1.54) is 0 Å². The number of sulfonamides is 1. The third-order valence-electron chi connectivity index (χ3n) is 3.87. The molecule has 5 heteroatoms. The lowest BCUT2D eigenvalue weighted by Crippen LogP contribution is -2.05. The molecule has 0 saturated heterocycles. The normalized spacial score (nSPS) is 11.5. The zero-order chi connectivity index (χ0) is 18.4. The van der Waals surface area contributed by atoms with E-state index in [4.69, 9.17) is 0 Å². The Morgan fingerprint density at radius 3 is 1.65 bits per heavy atom. The molecule has 0 aliphatic carbocycles. The summed E-state index contributed by atoms with van der Waals surface area (Å²) in [6.07, 6.45) is 0. The van der Waals surface area contributed by atoms with Gasteiger partial charge in [-0.3, -0.25) is 0 Å². The minimum atomic E-state index is -3.68. The van der Waals surface area contributed by atoms with Crippen LogP contribution in [-0.2, 0) is 32.2 Å². The molecule has 3 nitrogen and oxygen atoms in total. The molecule has 0 spiro atoms. The average Bonchev–Trinajstić information content (AvgIpc) is 2.63. The zero-order valence-corrected chi connectivity index (χ0v) is 16.2. The predicted molar refractivity (Wildman–Crippen MR) is 108 cm³/mol. The van der Waals surface area contributed by atoms with Crippen LogP contribution in [0.5, 0.6) is 0 Å². The van der Waals surface area contributed by atoms with Crippen molar-refractivity contribution in [3.05, 3.63) is 102 Å². The first-order valence-corrected chi connectivity index (χ1v) is 11.3. The van der Waals surface area contributed by atoms with Crippen molar-refractivity contribution in [2.24, 2.45) is 3.77 Å². The van der Waals surface area contributed by atoms with Crippen molar-refractivity contribution in [3.63, 3.8) is 0 Å². The van der Waals surface area contributed by atoms with Crippen LogP contribution >= 0.6 is 0 Å². The number of nitrogens with zero attached hydrogens (tertiary/aromatic N) is 1. The maximum Gasteiger partial charge on any atom is 0.287 e. The Morgan fingerprint density at radius 1 is 0.731 bits per heavy atom. The van der Waals surface area contributed by atoms with E-state index in [0.717, 1.165) is 16.7 Å². The monoisotopic (exact) mass is 383 g/mol. The molecule has 3 aromatic carbocycles. The molecule has 0 aliphatic heterocycles. The van der Waals surface area contributed by atoms with Gasteiger partial charge in [0.15, 0.2) is 0 Å². The molecule has 0 amide bonds. The zero-order valence-electron chi connectivity index (χ0n) is 14.6. The van der Waals surface area contributed by atoms with Crippen LogP contribution < -0.4 is 0 Å². The first-order chi connectivity index (χ1) is 12.5. The van der Waals surface area contributed by atoms with Gasteiger partial charge < -0.3 is 0 Å². The molecule has 0 radical (unpaired) electrons. The van der Waals surface area contributed by atoms with Crippen LogP contribution in [0.1, 0.15) is 16.7 Å². The molecule has 3 aromatic rings. The van der Waals surface area contributed by atoms with E-state index in [1.54, 1.807) is 24.3 Å². The summed E-state index contributed by atoms with van der Waals surface area (Å²) in [5, 5.41) is 0. The van der Waals surface area contributed by atoms with Crippen molar-refractivity contribution in [3.8, 4) is 0 Å². The molecule has 0 bridgehead atoms. The topological polar surface area (TPSA) is 46.5 Å². The fraction of sp³-hybridized carbons (Fsp3) is 0.143. The van der Waals surface area contributed by atoms with Crippen molar-refractivity contribution in [1.29, 1.82) is 0 Å². The van der Waals surface area contributed by atoms with Gasteiger partial charge in [0.1, 0.15) is 0 Å². The largest absolute Gasteiger partial charge is 0.287 e. The van der Waals surface area contributed by atoms with Gasteiger partial charge in [-0.2, -0.15) is 8.42 Å². The molecule has 0 aromatic heterocycles. The number of aryl methyl sites for hydroxylation is 1. The summed E-state index contributed by atoms with van der Waals surface area (Å²) in [4.78, 5) is 0.252. The molecule has 0 atom stereocenters. The second kappa shape index (κ2) is 8.43. The van der Waals surface area contributed by atoms with E-state index in [1.807, 2.05) is 67.6 Å². The maximum absolute atomic E-state index is 12.8. The SMILES string of the molecule is Cc1ccc(S(=O)(=O)N=S(Cc2ccccc2)Cc2ccccc2)cc1. The molecule has 0 fully saturated rings. The van der Waals surface area contributed by atoms with E-state index in [9.17, 15) is 8.42 Å². The Hall–Kier alpha value is -2.24. The highest BCUT2D eigenvalue weighted by atomic mass is 32.3. The van der Waals surface area contributed by atoms with Gasteiger partial charge in [0.05, 0.1) is 4.90 Å². The van der Waals surface area contributed by atoms with Gasteiger partial charge in [-0.1, -0.05) is 89.1 Å². The molecular formula is C21H21NO2S2. The van der Waals surface area contributed by atoms with Crippen LogP contribution in [0.2, 0.25) is 0 Å². The molecule has 0 aliphatic rings. The minimum Gasteiger partial charge on any atom is -0.199 e. The summed E-state index contributed by atoms with van der Waals surface area (Å²) in [5.74, 6) is 1.22. The third-order valence-corrected chi connectivity index (χ3v) is 7.70. The standard InChI is InChI=1S/C21H21NO2S2/c1-18-12-14-21(15-13-18)26(23,24)22-25(16-19-8-4-2-5-9-19)17-20-10-6-3-7-11-20/h2-15H,16-17H2,1H3. The molecule has 3 rings (SSSR count). The maximum atomic E-state index is 12.8. The molecule has 0 N–H and O–H groups in total. The highest BCUT2D eigenvalue weighted by molar-refractivity contribution is 7.99. The summed E-state index contributed by atoms with van der Waals surface area (Å²) in [7, 11) is -4.34. The van der Waals surface area contributed by atoms with Crippen LogP contribution in [0, 0.1) is 6.92 Å². The number of hydrogen-bond acceptors (Lipinski definition) is 2. The minimum absolute atomic E-state index is 0.252. The van der Waals surface area contributed by atoms with Crippen molar-refractivity contribution < 1.29 is 8.42 Å². The lowest BCUT2D eigenvalue weighted by molar-refractivity contribution is 0.598. The number of benzene rings is 3. The fourth-order valence-electron chi connectivity index (χ4n) is 2.53. The Kier molecular flexibility index (Phi) is 6.01. The van der Waals surface area contributed by atoms with Gasteiger partial charge in [-0.05, 0) is 30.2 Å². The van der Waals surface area contributed by atoms with E-state index in [-0.39, 0.29) is 4.90 Å². The van der Waals surface area contributed by atoms with E-state index >= 15 is 0 Å². The van der Waals surface area contributed by atoms with Crippen molar-refractivity contribution in [2.45, 2.75) is 23.3 Å². The summed E-state index contributed by atoms with van der Waals surface area (Å²) >= 11 is 0. The Balaban J connectivity index is 1.95. The van der Waals surface area contributed by atoms with E-state index < -0.39 is 20.7 Å². The third kappa shape index (κ3) is 5.13. The van der Waals surface area contributed by atoms with Gasteiger partial charge in [-0.25, -0.2) is 0 Å². The van der Waals surface area contributed by atoms with Crippen LogP contribution in [-0.4, -0.2) is 8.42 Å². The van der Waals surface area contributed by atoms with Crippen molar-refractivity contribution >= 4 is 20.7 Å². The van der Waals surface area contributed by atoms with Gasteiger partial charge >= 0.3 is 0 Å². The van der Waals surface area contributed by atoms with Crippen LogP contribution in [0.15, 0.2) is 93.6 Å². The van der Waals surface area contributed by atoms with Gasteiger partial charge in [0.2, 0.25) is 0 Å². The highest BCUT2D eigenvalue weighted by Crippen LogP contribution is 2.18. The Labute approximate surface area is 157 Å². The van der Waals surface area contributed by atoms with Crippen molar-refractivity contribution in [1.82, 2.24) is 0 Å². The molecule has 0 unspecified atom stereocenters. The Bertz CT molecular complexity index is 938. The molecular weight excluding hydrogens is 362 g/mol. The highest BCUT2D eigenvalue weighted by Gasteiger charge is 2.14. The smallest absolute Gasteiger partial charge is 0.199 e. The van der Waals surface area contributed by atoms with Gasteiger partial charge in [-0.15, -0.1) is 3.77 Å². The van der Waals surface area contributed by atoms with Crippen LogP contribution in [0.25, 0.3) is 0 Å². The summed E-state index contributed by atoms with van der Waals surface area (Å²) in [5.41, 5.74) is 3.21. The second-order valence-corrected chi connectivity index (χ2v) is 9.60. The Morgan fingerprint density at radius 2 is 1.19 bits per heavy atom. The van der Waals surface area contributed by atoms with Crippen molar-refractivity contribution in [2.75, 3.05) is 0 Å². The summed E-state index contributed by atoms with van der Waals surface area (Å²) < 4.78 is 29.8.